The molecule has 0 saturated carbocycles. The highest BCUT2D eigenvalue weighted by atomic mass is 16.3. The summed E-state index contributed by atoms with van der Waals surface area (Å²) in [5, 5.41) is 8.90. The van der Waals surface area contributed by atoms with Crippen LogP contribution in [0.4, 0.5) is 0 Å². The predicted molar refractivity (Wildman–Crippen MR) is 69.4 cm³/mol. The van der Waals surface area contributed by atoms with Crippen molar-refractivity contribution in [3.63, 3.8) is 0 Å². The van der Waals surface area contributed by atoms with Crippen molar-refractivity contribution < 1.29 is 9.90 Å². The van der Waals surface area contributed by atoms with Gasteiger partial charge in [0, 0.05) is 12.1 Å². The molecule has 1 N–H and O–H groups in total. The van der Waals surface area contributed by atoms with Crippen molar-refractivity contribution in [2.75, 3.05) is 26.2 Å². The molecule has 1 rings (SSSR count). The summed E-state index contributed by atoms with van der Waals surface area (Å²) in [6.45, 7) is 7.72. The average Bonchev–Trinajstić information content (AvgIpc) is 2.31. The van der Waals surface area contributed by atoms with Gasteiger partial charge >= 0.3 is 0 Å². The number of rotatable bonds is 6. The van der Waals surface area contributed by atoms with Crippen LogP contribution in [0.25, 0.3) is 0 Å². The number of Topliss-reactive ketones (excluding diaryl/α,β-unsaturated/α-hetero) is 1. The van der Waals surface area contributed by atoms with E-state index >= 15 is 0 Å². The third-order valence-corrected chi connectivity index (χ3v) is 2.92. The number of aliphatic hydroxyl groups is 1. The summed E-state index contributed by atoms with van der Waals surface area (Å²) in [6, 6.07) is 5.92. The van der Waals surface area contributed by atoms with E-state index in [9.17, 15) is 4.79 Å². The standard InChI is InChI=1S/C14H21NO2/c1-4-15(7-8-16)10-14(17)13-9-11(2)5-6-12(13)3/h5-6,9,16H,4,7-8,10H2,1-3H3. The van der Waals surface area contributed by atoms with Crippen molar-refractivity contribution in [1.82, 2.24) is 4.90 Å². The van der Waals surface area contributed by atoms with Gasteiger partial charge < -0.3 is 5.11 Å². The van der Waals surface area contributed by atoms with E-state index in [1.165, 1.54) is 0 Å². The minimum atomic E-state index is 0.0912. The number of likely N-dealkylation sites (N-methyl/N-ethyl adjacent to an activating group) is 1. The maximum Gasteiger partial charge on any atom is 0.177 e. The number of carbonyl (C=O) groups excluding carboxylic acids is 1. The quantitative estimate of drug-likeness (QED) is 0.764. The molecule has 0 heterocycles. The number of carbonyl (C=O) groups is 1. The van der Waals surface area contributed by atoms with Crippen LogP contribution in [0.3, 0.4) is 0 Å². The Morgan fingerprint density at radius 1 is 1.35 bits per heavy atom. The van der Waals surface area contributed by atoms with Crippen LogP contribution in [0.5, 0.6) is 0 Å². The molecular weight excluding hydrogens is 214 g/mol. The zero-order valence-corrected chi connectivity index (χ0v) is 10.9. The van der Waals surface area contributed by atoms with E-state index in [-0.39, 0.29) is 12.4 Å². The predicted octanol–water partition coefficient (Wildman–Crippen LogP) is 1.80. The molecule has 3 nitrogen and oxygen atoms in total. The van der Waals surface area contributed by atoms with Gasteiger partial charge in [-0.2, -0.15) is 0 Å². The molecule has 0 aliphatic carbocycles. The smallest absolute Gasteiger partial charge is 0.177 e. The Labute approximate surface area is 103 Å². The molecule has 17 heavy (non-hydrogen) atoms. The fourth-order valence-corrected chi connectivity index (χ4v) is 1.81. The van der Waals surface area contributed by atoms with Crippen molar-refractivity contribution in [3.8, 4) is 0 Å². The molecule has 0 aliphatic rings. The molecule has 0 saturated heterocycles. The Balaban J connectivity index is 2.78. The number of hydrogen-bond acceptors (Lipinski definition) is 3. The van der Waals surface area contributed by atoms with E-state index in [0.717, 1.165) is 23.2 Å². The van der Waals surface area contributed by atoms with Gasteiger partial charge in [-0.05, 0) is 32.0 Å². The molecule has 1 aromatic rings. The van der Waals surface area contributed by atoms with Crippen molar-refractivity contribution in [3.05, 3.63) is 34.9 Å². The summed E-state index contributed by atoms with van der Waals surface area (Å²) in [4.78, 5) is 14.1. The highest BCUT2D eigenvalue weighted by Crippen LogP contribution is 2.12. The molecule has 1 aromatic carbocycles. The van der Waals surface area contributed by atoms with Gasteiger partial charge in [0.2, 0.25) is 0 Å². The summed E-state index contributed by atoms with van der Waals surface area (Å²) in [5.41, 5.74) is 2.91. The SMILES string of the molecule is CCN(CCO)CC(=O)c1cc(C)ccc1C. The first-order chi connectivity index (χ1) is 8.08. The molecule has 0 atom stereocenters. The van der Waals surface area contributed by atoms with Crippen molar-refractivity contribution in [2.24, 2.45) is 0 Å². The fourth-order valence-electron chi connectivity index (χ4n) is 1.81. The van der Waals surface area contributed by atoms with Crippen LogP contribution in [0.1, 0.15) is 28.4 Å². The van der Waals surface area contributed by atoms with Crippen LogP contribution in [-0.2, 0) is 0 Å². The Bertz CT molecular complexity index is 388. The van der Waals surface area contributed by atoms with Crippen LogP contribution in [0.15, 0.2) is 18.2 Å². The molecule has 0 radical (unpaired) electrons. The molecule has 0 bridgehead atoms. The van der Waals surface area contributed by atoms with Gasteiger partial charge in [-0.15, -0.1) is 0 Å². The monoisotopic (exact) mass is 235 g/mol. The van der Waals surface area contributed by atoms with Gasteiger partial charge in [0.1, 0.15) is 0 Å². The minimum absolute atomic E-state index is 0.0912. The maximum atomic E-state index is 12.1. The van der Waals surface area contributed by atoms with E-state index in [1.54, 1.807) is 0 Å². The summed E-state index contributed by atoms with van der Waals surface area (Å²) >= 11 is 0. The number of aliphatic hydroxyl groups excluding tert-OH is 1. The second kappa shape index (κ2) is 6.52. The lowest BCUT2D eigenvalue weighted by atomic mass is 10.0. The molecule has 3 heteroatoms. The second-order valence-electron chi connectivity index (χ2n) is 4.33. The number of hydrogen-bond donors (Lipinski definition) is 1. The van der Waals surface area contributed by atoms with Gasteiger partial charge in [-0.25, -0.2) is 0 Å². The number of benzene rings is 1. The lowest BCUT2D eigenvalue weighted by Gasteiger charge is -2.18. The summed E-state index contributed by atoms with van der Waals surface area (Å²) in [7, 11) is 0. The lowest BCUT2D eigenvalue weighted by Crippen LogP contribution is -2.32. The Morgan fingerprint density at radius 3 is 2.65 bits per heavy atom. The van der Waals surface area contributed by atoms with E-state index < -0.39 is 0 Å². The zero-order chi connectivity index (χ0) is 12.8. The average molecular weight is 235 g/mol. The first-order valence-electron chi connectivity index (χ1n) is 6.02. The molecule has 0 aliphatic heterocycles. The zero-order valence-electron chi connectivity index (χ0n) is 10.9. The number of ketones is 1. The van der Waals surface area contributed by atoms with Gasteiger partial charge in [-0.1, -0.05) is 24.6 Å². The van der Waals surface area contributed by atoms with Crippen LogP contribution < -0.4 is 0 Å². The number of nitrogens with zero attached hydrogens (tertiary/aromatic N) is 1. The Kier molecular flexibility index (Phi) is 5.32. The normalized spacial score (nSPS) is 10.9. The van der Waals surface area contributed by atoms with Crippen molar-refractivity contribution >= 4 is 5.78 Å². The van der Waals surface area contributed by atoms with Crippen LogP contribution >= 0.6 is 0 Å². The molecule has 94 valence electrons. The summed E-state index contributed by atoms with van der Waals surface area (Å²) < 4.78 is 0. The first kappa shape index (κ1) is 13.9. The molecule has 0 unspecified atom stereocenters. The van der Waals surface area contributed by atoms with Gasteiger partial charge in [0.05, 0.1) is 13.2 Å². The summed E-state index contributed by atoms with van der Waals surface area (Å²) in [5.74, 6) is 0.126. The highest BCUT2D eigenvalue weighted by molar-refractivity contribution is 5.99. The molecule has 0 aromatic heterocycles. The summed E-state index contributed by atoms with van der Waals surface area (Å²) in [6.07, 6.45) is 0. The van der Waals surface area contributed by atoms with E-state index in [2.05, 4.69) is 0 Å². The molecule has 0 spiro atoms. The second-order valence-corrected chi connectivity index (χ2v) is 4.33. The number of aryl methyl sites for hydroxylation is 2. The lowest BCUT2D eigenvalue weighted by molar-refractivity contribution is 0.0919. The van der Waals surface area contributed by atoms with Crippen LogP contribution in [-0.4, -0.2) is 42.0 Å². The molecular formula is C14H21NO2. The first-order valence-corrected chi connectivity index (χ1v) is 6.02. The van der Waals surface area contributed by atoms with Crippen molar-refractivity contribution in [2.45, 2.75) is 20.8 Å². The van der Waals surface area contributed by atoms with Crippen LogP contribution in [0, 0.1) is 13.8 Å². The van der Waals surface area contributed by atoms with E-state index in [4.69, 9.17) is 5.11 Å². The topological polar surface area (TPSA) is 40.5 Å². The van der Waals surface area contributed by atoms with Gasteiger partial charge in [-0.3, -0.25) is 9.69 Å². The van der Waals surface area contributed by atoms with Crippen LogP contribution in [0.2, 0.25) is 0 Å². The Morgan fingerprint density at radius 2 is 2.06 bits per heavy atom. The Hall–Kier alpha value is -1.19. The highest BCUT2D eigenvalue weighted by Gasteiger charge is 2.13. The maximum absolute atomic E-state index is 12.1. The van der Waals surface area contributed by atoms with Crippen molar-refractivity contribution in [1.29, 1.82) is 0 Å². The third-order valence-electron chi connectivity index (χ3n) is 2.92. The molecule has 0 fully saturated rings. The van der Waals surface area contributed by atoms with Gasteiger partial charge in [0.25, 0.3) is 0 Å². The minimum Gasteiger partial charge on any atom is -0.395 e. The van der Waals surface area contributed by atoms with Gasteiger partial charge in [0.15, 0.2) is 5.78 Å². The fraction of sp³-hybridized carbons (Fsp3) is 0.500. The third kappa shape index (κ3) is 3.95. The molecule has 0 amide bonds. The van der Waals surface area contributed by atoms with E-state index in [1.807, 2.05) is 43.9 Å². The van der Waals surface area contributed by atoms with E-state index in [0.29, 0.717) is 13.1 Å². The largest absolute Gasteiger partial charge is 0.395 e.